The molecule has 220 valence electrons. The maximum Gasteiger partial charge on any atom is 0.244 e. The van der Waals surface area contributed by atoms with Crippen LogP contribution in [0.3, 0.4) is 0 Å². The third-order valence-electron chi connectivity index (χ3n) is 6.57. The van der Waals surface area contributed by atoms with Gasteiger partial charge in [-0.2, -0.15) is 0 Å². The Labute approximate surface area is 244 Å². The second-order valence-electron chi connectivity index (χ2n) is 11.1. The molecule has 0 radical (unpaired) electrons. The summed E-state index contributed by atoms with van der Waals surface area (Å²) < 4.78 is 32.3. The minimum Gasteiger partial charge on any atom is -0.497 e. The molecule has 41 heavy (non-hydrogen) atoms. The number of ether oxygens (including phenoxy) is 1. The molecule has 1 N–H and O–H groups in total. The van der Waals surface area contributed by atoms with Gasteiger partial charge in [-0.3, -0.25) is 13.9 Å². The number of hydrogen-bond acceptors (Lipinski definition) is 5. The van der Waals surface area contributed by atoms with Crippen LogP contribution < -0.4 is 14.4 Å². The SMILES string of the molecule is CCc1ccc(N(CC(=O)N(Cc2cccc(OC)c2)[C@H](Cc2ccccc2)C(=O)NC(C)(C)C)S(C)(=O)=O)cc1. The van der Waals surface area contributed by atoms with E-state index < -0.39 is 34.1 Å². The molecule has 0 heterocycles. The van der Waals surface area contributed by atoms with E-state index in [9.17, 15) is 18.0 Å². The number of carbonyl (C=O) groups is 2. The van der Waals surface area contributed by atoms with Crippen LogP contribution in [0.4, 0.5) is 5.69 Å². The topological polar surface area (TPSA) is 96.0 Å². The highest BCUT2D eigenvalue weighted by molar-refractivity contribution is 7.92. The maximum atomic E-state index is 14.2. The van der Waals surface area contributed by atoms with Gasteiger partial charge in [0.15, 0.2) is 0 Å². The molecule has 3 aromatic carbocycles. The number of amides is 2. The van der Waals surface area contributed by atoms with Gasteiger partial charge in [0, 0.05) is 18.5 Å². The summed E-state index contributed by atoms with van der Waals surface area (Å²) in [5.41, 5.74) is 2.52. The van der Waals surface area contributed by atoms with Crippen LogP contribution in [0.2, 0.25) is 0 Å². The monoisotopic (exact) mass is 579 g/mol. The highest BCUT2D eigenvalue weighted by atomic mass is 32.2. The molecule has 0 bridgehead atoms. The highest BCUT2D eigenvalue weighted by Gasteiger charge is 2.34. The Hall–Kier alpha value is -3.85. The van der Waals surface area contributed by atoms with Crippen molar-refractivity contribution in [3.63, 3.8) is 0 Å². The van der Waals surface area contributed by atoms with E-state index in [1.165, 1.54) is 4.90 Å². The number of anilines is 1. The lowest BCUT2D eigenvalue weighted by Crippen LogP contribution is -2.56. The quantitative estimate of drug-likeness (QED) is 0.339. The van der Waals surface area contributed by atoms with Gasteiger partial charge in [-0.25, -0.2) is 8.42 Å². The van der Waals surface area contributed by atoms with Gasteiger partial charge >= 0.3 is 0 Å². The number of rotatable bonds is 12. The summed E-state index contributed by atoms with van der Waals surface area (Å²) in [5.74, 6) is -0.207. The number of nitrogens with one attached hydrogen (secondary N) is 1. The molecule has 3 rings (SSSR count). The molecule has 9 heteroatoms. The molecule has 0 aliphatic heterocycles. The van der Waals surface area contributed by atoms with Crippen LogP contribution in [0.25, 0.3) is 0 Å². The summed E-state index contributed by atoms with van der Waals surface area (Å²) in [4.78, 5) is 29.4. The lowest BCUT2D eigenvalue weighted by molar-refractivity contribution is -0.140. The van der Waals surface area contributed by atoms with Crippen molar-refractivity contribution in [3.8, 4) is 5.75 Å². The zero-order chi connectivity index (χ0) is 30.2. The Morgan fingerprint density at radius 3 is 2.10 bits per heavy atom. The predicted octanol–water partition coefficient (Wildman–Crippen LogP) is 4.58. The van der Waals surface area contributed by atoms with Crippen molar-refractivity contribution in [1.29, 1.82) is 0 Å². The van der Waals surface area contributed by atoms with Gasteiger partial charge in [0.1, 0.15) is 18.3 Å². The van der Waals surface area contributed by atoms with E-state index in [2.05, 4.69) is 5.32 Å². The summed E-state index contributed by atoms with van der Waals surface area (Å²) in [6.45, 7) is 7.27. The number of hydrogen-bond donors (Lipinski definition) is 1. The van der Waals surface area contributed by atoms with E-state index in [1.54, 1.807) is 31.4 Å². The summed E-state index contributed by atoms with van der Waals surface area (Å²) >= 11 is 0. The zero-order valence-corrected chi connectivity index (χ0v) is 25.6. The first-order valence-corrected chi connectivity index (χ1v) is 15.5. The van der Waals surface area contributed by atoms with Crippen molar-refractivity contribution in [2.75, 3.05) is 24.2 Å². The fraction of sp³-hybridized carbons (Fsp3) is 0.375. The van der Waals surface area contributed by atoms with Gasteiger partial charge in [-0.05, 0) is 68.1 Å². The molecule has 2 amide bonds. The molecule has 0 unspecified atom stereocenters. The van der Waals surface area contributed by atoms with E-state index in [0.29, 0.717) is 11.4 Å². The molecule has 0 fully saturated rings. The molecule has 0 aromatic heterocycles. The summed E-state index contributed by atoms with van der Waals surface area (Å²) in [6.07, 6.45) is 2.13. The Kier molecular flexibility index (Phi) is 10.6. The van der Waals surface area contributed by atoms with Crippen LogP contribution >= 0.6 is 0 Å². The van der Waals surface area contributed by atoms with E-state index in [4.69, 9.17) is 4.74 Å². The number of benzene rings is 3. The van der Waals surface area contributed by atoms with Crippen molar-refractivity contribution in [2.24, 2.45) is 0 Å². The Bertz CT molecular complexity index is 1420. The summed E-state index contributed by atoms with van der Waals surface area (Å²) in [6, 6.07) is 22.9. The molecule has 0 spiro atoms. The number of sulfonamides is 1. The van der Waals surface area contributed by atoms with E-state index in [0.717, 1.165) is 33.7 Å². The molecular formula is C32H41N3O5S. The van der Waals surface area contributed by atoms with Crippen LogP contribution in [0, 0.1) is 0 Å². The number of aryl methyl sites for hydroxylation is 1. The molecule has 0 saturated carbocycles. The van der Waals surface area contributed by atoms with E-state index in [1.807, 2.05) is 82.3 Å². The summed E-state index contributed by atoms with van der Waals surface area (Å²) in [7, 11) is -2.26. The Morgan fingerprint density at radius 2 is 1.54 bits per heavy atom. The minimum atomic E-state index is -3.82. The molecule has 1 atom stereocenters. The van der Waals surface area contributed by atoms with Crippen molar-refractivity contribution in [3.05, 3.63) is 95.6 Å². The van der Waals surface area contributed by atoms with Crippen LogP contribution in [0.5, 0.6) is 5.75 Å². The minimum absolute atomic E-state index is 0.0808. The largest absolute Gasteiger partial charge is 0.497 e. The van der Waals surface area contributed by atoms with Crippen LogP contribution in [0.15, 0.2) is 78.9 Å². The lowest BCUT2D eigenvalue weighted by Gasteiger charge is -2.35. The lowest BCUT2D eigenvalue weighted by atomic mass is 10.0. The van der Waals surface area contributed by atoms with E-state index in [-0.39, 0.29) is 18.9 Å². The fourth-order valence-electron chi connectivity index (χ4n) is 4.49. The van der Waals surface area contributed by atoms with E-state index >= 15 is 0 Å². The van der Waals surface area contributed by atoms with Crippen molar-refractivity contribution < 1.29 is 22.7 Å². The Morgan fingerprint density at radius 1 is 0.902 bits per heavy atom. The standard InChI is InChI=1S/C32H41N3O5S/c1-7-24-16-18-27(19-17-24)35(41(6,38)39)23-30(36)34(22-26-14-11-15-28(20-26)40-5)29(31(37)33-32(2,3)4)21-25-12-9-8-10-13-25/h8-20,29H,7,21-23H2,1-6H3,(H,33,37)/t29-/m1/s1. The van der Waals surface area contributed by atoms with Gasteiger partial charge in [-0.15, -0.1) is 0 Å². The molecule has 8 nitrogen and oxygen atoms in total. The number of methoxy groups -OCH3 is 1. The van der Waals surface area contributed by atoms with Crippen LogP contribution in [-0.4, -0.2) is 56.6 Å². The first-order valence-electron chi connectivity index (χ1n) is 13.7. The van der Waals surface area contributed by atoms with Gasteiger partial charge in [0.05, 0.1) is 19.1 Å². The molecule has 0 aliphatic carbocycles. The van der Waals surface area contributed by atoms with Crippen molar-refractivity contribution in [2.45, 2.75) is 58.7 Å². The van der Waals surface area contributed by atoms with Crippen LogP contribution in [0.1, 0.15) is 44.4 Å². The molecule has 3 aromatic rings. The molecule has 0 saturated heterocycles. The third-order valence-corrected chi connectivity index (χ3v) is 7.71. The summed E-state index contributed by atoms with van der Waals surface area (Å²) in [5, 5.41) is 3.02. The fourth-order valence-corrected chi connectivity index (χ4v) is 5.34. The van der Waals surface area contributed by atoms with Gasteiger partial charge < -0.3 is 15.0 Å². The smallest absolute Gasteiger partial charge is 0.244 e. The average Bonchev–Trinajstić information content (AvgIpc) is 2.92. The first-order chi connectivity index (χ1) is 19.3. The zero-order valence-electron chi connectivity index (χ0n) is 24.8. The average molecular weight is 580 g/mol. The second kappa shape index (κ2) is 13.7. The van der Waals surface area contributed by atoms with Crippen LogP contribution in [-0.2, 0) is 39.0 Å². The van der Waals surface area contributed by atoms with Crippen molar-refractivity contribution >= 4 is 27.5 Å². The number of nitrogens with zero attached hydrogens (tertiary/aromatic N) is 2. The highest BCUT2D eigenvalue weighted by Crippen LogP contribution is 2.22. The first kappa shape index (κ1) is 31.7. The molecule has 0 aliphatic rings. The van der Waals surface area contributed by atoms with Crippen molar-refractivity contribution in [1.82, 2.24) is 10.2 Å². The predicted molar refractivity (Wildman–Crippen MR) is 163 cm³/mol. The second-order valence-corrected chi connectivity index (χ2v) is 13.0. The Balaban J connectivity index is 2.08. The molecular weight excluding hydrogens is 538 g/mol. The number of carbonyl (C=O) groups excluding carboxylic acids is 2. The van der Waals surface area contributed by atoms with Gasteiger partial charge in [0.2, 0.25) is 21.8 Å². The van der Waals surface area contributed by atoms with Gasteiger partial charge in [-0.1, -0.05) is 61.5 Å². The maximum absolute atomic E-state index is 14.2. The normalized spacial score (nSPS) is 12.3. The third kappa shape index (κ3) is 9.35. The van der Waals surface area contributed by atoms with Gasteiger partial charge in [0.25, 0.3) is 0 Å².